The Morgan fingerprint density at radius 2 is 1.77 bits per heavy atom. The van der Waals surface area contributed by atoms with Crippen LogP contribution in [0.4, 0.5) is 5.69 Å². The second-order valence-electron chi connectivity index (χ2n) is 8.30. The summed E-state index contributed by atoms with van der Waals surface area (Å²) >= 11 is 0. The molecule has 1 N–H and O–H groups in total. The number of nitrogens with zero attached hydrogens (tertiary/aromatic N) is 3. The Bertz CT molecular complexity index is 1220. The van der Waals surface area contributed by atoms with Crippen LogP contribution in [0.25, 0.3) is 0 Å². The number of anilines is 1. The van der Waals surface area contributed by atoms with Crippen molar-refractivity contribution >= 4 is 23.5 Å². The van der Waals surface area contributed by atoms with Gasteiger partial charge < -0.3 is 14.8 Å². The predicted octanol–water partition coefficient (Wildman–Crippen LogP) is 3.19. The summed E-state index contributed by atoms with van der Waals surface area (Å²) in [6.45, 7) is 6.34. The second-order valence-corrected chi connectivity index (χ2v) is 8.30. The van der Waals surface area contributed by atoms with Gasteiger partial charge in [-0.25, -0.2) is 4.79 Å². The van der Waals surface area contributed by atoms with Crippen molar-refractivity contribution in [1.29, 1.82) is 0 Å². The Kier molecular flexibility index (Phi) is 6.86. The minimum absolute atomic E-state index is 0.0239. The van der Waals surface area contributed by atoms with E-state index in [1.807, 2.05) is 37.3 Å². The van der Waals surface area contributed by atoms with Gasteiger partial charge in [-0.2, -0.15) is 5.10 Å². The smallest absolute Gasteiger partial charge is 0.358 e. The summed E-state index contributed by atoms with van der Waals surface area (Å²) in [5.74, 6) is -0.751. The molecule has 9 nitrogen and oxygen atoms in total. The highest BCUT2D eigenvalue weighted by molar-refractivity contribution is 6.12. The first-order valence-electron chi connectivity index (χ1n) is 11.5. The molecule has 1 aromatic heterocycles. The monoisotopic (exact) mass is 476 g/mol. The molecule has 0 aliphatic carbocycles. The summed E-state index contributed by atoms with van der Waals surface area (Å²) < 4.78 is 12.0. The molecule has 0 radical (unpaired) electrons. The zero-order valence-electron chi connectivity index (χ0n) is 20.0. The average Bonchev–Trinajstić information content (AvgIpc) is 3.29. The lowest BCUT2D eigenvalue weighted by molar-refractivity contribution is -0.126. The highest BCUT2D eigenvalue weighted by Gasteiger charge is 2.49. The van der Waals surface area contributed by atoms with Crippen molar-refractivity contribution in [2.45, 2.75) is 39.4 Å². The van der Waals surface area contributed by atoms with E-state index < -0.39 is 17.4 Å². The lowest BCUT2D eigenvalue weighted by Gasteiger charge is -2.43. The Labute approximate surface area is 203 Å². The first-order valence-corrected chi connectivity index (χ1v) is 11.5. The highest BCUT2D eigenvalue weighted by atomic mass is 16.5. The molecule has 0 saturated heterocycles. The summed E-state index contributed by atoms with van der Waals surface area (Å²) in [7, 11) is 0. The number of aromatic nitrogens is 2. The van der Waals surface area contributed by atoms with E-state index in [2.05, 4.69) is 10.4 Å². The number of benzene rings is 2. The van der Waals surface area contributed by atoms with Crippen LogP contribution < -0.4 is 15.0 Å². The number of hydrogen-bond acceptors (Lipinski definition) is 6. The van der Waals surface area contributed by atoms with Gasteiger partial charge in [0.1, 0.15) is 17.0 Å². The van der Waals surface area contributed by atoms with Crippen LogP contribution in [0, 0.1) is 0 Å². The molecule has 2 aromatic carbocycles. The summed E-state index contributed by atoms with van der Waals surface area (Å²) in [5, 5.41) is 7.23. The summed E-state index contributed by atoms with van der Waals surface area (Å²) in [4.78, 5) is 41.0. The van der Waals surface area contributed by atoms with E-state index in [1.165, 1.54) is 15.6 Å². The second kappa shape index (κ2) is 10.0. The van der Waals surface area contributed by atoms with Gasteiger partial charge in [-0.3, -0.25) is 19.2 Å². The maximum Gasteiger partial charge on any atom is 0.358 e. The molecule has 4 rings (SSSR count). The maximum absolute atomic E-state index is 13.7. The van der Waals surface area contributed by atoms with Gasteiger partial charge in [0.2, 0.25) is 5.91 Å². The molecule has 1 aliphatic heterocycles. The third-order valence-electron chi connectivity index (χ3n) is 5.83. The van der Waals surface area contributed by atoms with Crippen LogP contribution >= 0.6 is 0 Å². The van der Waals surface area contributed by atoms with Crippen molar-refractivity contribution in [3.05, 3.63) is 77.6 Å². The van der Waals surface area contributed by atoms with Crippen LogP contribution in [0.5, 0.6) is 5.75 Å². The van der Waals surface area contributed by atoms with Gasteiger partial charge in [0.15, 0.2) is 5.69 Å². The molecule has 0 saturated carbocycles. The van der Waals surface area contributed by atoms with Crippen LogP contribution in [0.1, 0.15) is 47.3 Å². The van der Waals surface area contributed by atoms with Crippen LogP contribution in [-0.2, 0) is 22.6 Å². The summed E-state index contributed by atoms with van der Waals surface area (Å²) in [5.41, 5.74) is 0.375. The number of carbonyl (C=O) groups excluding carboxylic acids is 3. The van der Waals surface area contributed by atoms with Gasteiger partial charge in [-0.1, -0.05) is 30.3 Å². The van der Waals surface area contributed by atoms with Crippen LogP contribution in [0.3, 0.4) is 0 Å². The fraction of sp³-hybridized carbons (Fsp3) is 0.308. The Morgan fingerprint density at radius 1 is 1.06 bits per heavy atom. The number of amides is 2. The first kappa shape index (κ1) is 24.0. The number of rotatable bonds is 8. The van der Waals surface area contributed by atoms with E-state index >= 15 is 0 Å². The third-order valence-corrected chi connectivity index (χ3v) is 5.83. The van der Waals surface area contributed by atoms with Gasteiger partial charge in [0.25, 0.3) is 5.91 Å². The maximum atomic E-state index is 13.7. The highest BCUT2D eigenvalue weighted by Crippen LogP contribution is 2.34. The molecule has 2 heterocycles. The van der Waals surface area contributed by atoms with E-state index in [4.69, 9.17) is 9.47 Å². The van der Waals surface area contributed by atoms with Crippen LogP contribution in [0.15, 0.2) is 60.7 Å². The normalized spacial score (nSPS) is 17.0. The summed E-state index contributed by atoms with van der Waals surface area (Å²) in [6, 6.07) is 17.9. The molecule has 35 heavy (non-hydrogen) atoms. The summed E-state index contributed by atoms with van der Waals surface area (Å²) in [6.07, 6.45) is 0. The quantitative estimate of drug-likeness (QED) is 0.501. The molecule has 0 fully saturated rings. The Balaban J connectivity index is 1.71. The van der Waals surface area contributed by atoms with E-state index in [1.54, 1.807) is 38.1 Å². The Morgan fingerprint density at radius 3 is 2.43 bits per heavy atom. The SMILES string of the molecule is CCOC(=O)c1cc2n(n1)C[C@@](C)(C(=O)NCc1ccccc1)N(c1ccc(OCC)cc1)C2=O. The van der Waals surface area contributed by atoms with Gasteiger partial charge in [-0.05, 0) is 50.6 Å². The Hall–Kier alpha value is -4.14. The fourth-order valence-electron chi connectivity index (χ4n) is 4.12. The van der Waals surface area contributed by atoms with Gasteiger partial charge >= 0.3 is 5.97 Å². The first-order chi connectivity index (χ1) is 16.9. The number of ether oxygens (including phenoxy) is 2. The average molecular weight is 477 g/mol. The van der Waals surface area contributed by atoms with Crippen molar-refractivity contribution in [2.75, 3.05) is 18.1 Å². The minimum Gasteiger partial charge on any atom is -0.494 e. The van der Waals surface area contributed by atoms with Gasteiger partial charge in [-0.15, -0.1) is 0 Å². The zero-order chi connectivity index (χ0) is 25.0. The van der Waals surface area contributed by atoms with Gasteiger partial charge in [0.05, 0.1) is 19.8 Å². The van der Waals surface area contributed by atoms with E-state index in [9.17, 15) is 14.4 Å². The minimum atomic E-state index is -1.32. The number of hydrogen-bond donors (Lipinski definition) is 1. The lowest BCUT2D eigenvalue weighted by Crippen LogP contribution is -2.64. The molecular weight excluding hydrogens is 448 g/mol. The molecule has 3 aromatic rings. The third kappa shape index (κ3) is 4.75. The molecule has 0 unspecified atom stereocenters. The molecule has 1 aliphatic rings. The van der Waals surface area contributed by atoms with Crippen LogP contribution in [-0.4, -0.2) is 46.3 Å². The zero-order valence-corrected chi connectivity index (χ0v) is 20.0. The lowest BCUT2D eigenvalue weighted by atomic mass is 9.93. The molecular formula is C26H28N4O5. The largest absolute Gasteiger partial charge is 0.494 e. The molecule has 0 spiro atoms. The van der Waals surface area contributed by atoms with Crippen molar-refractivity contribution < 1.29 is 23.9 Å². The molecule has 2 amide bonds. The topological polar surface area (TPSA) is 103 Å². The fourth-order valence-corrected chi connectivity index (χ4v) is 4.12. The van der Waals surface area contributed by atoms with E-state index in [0.717, 1.165) is 5.56 Å². The number of esters is 1. The number of nitrogens with one attached hydrogen (secondary N) is 1. The standard InChI is InChI=1S/C26H28N4O5/c1-4-34-20-13-11-19(12-14-20)30-23(31)22-15-21(24(32)35-5-2)28-29(22)17-26(30,3)25(33)27-16-18-9-7-6-8-10-18/h6-15H,4-5,16-17H2,1-3H3,(H,27,33)/t26-/m0/s1. The van der Waals surface area contributed by atoms with Crippen LogP contribution in [0.2, 0.25) is 0 Å². The number of carbonyl (C=O) groups is 3. The van der Waals surface area contributed by atoms with E-state index in [0.29, 0.717) is 24.6 Å². The molecule has 182 valence electrons. The van der Waals surface area contributed by atoms with Gasteiger partial charge in [0, 0.05) is 18.3 Å². The van der Waals surface area contributed by atoms with Crippen molar-refractivity contribution in [3.63, 3.8) is 0 Å². The molecule has 9 heteroatoms. The van der Waals surface area contributed by atoms with Crippen molar-refractivity contribution in [3.8, 4) is 5.75 Å². The van der Waals surface area contributed by atoms with Crippen molar-refractivity contribution in [2.24, 2.45) is 0 Å². The molecule has 1 atom stereocenters. The molecule has 0 bridgehead atoms. The predicted molar refractivity (Wildman–Crippen MR) is 129 cm³/mol. The number of fused-ring (bicyclic) bond motifs is 1. The van der Waals surface area contributed by atoms with E-state index in [-0.39, 0.29) is 30.4 Å². The van der Waals surface area contributed by atoms with Crippen molar-refractivity contribution in [1.82, 2.24) is 15.1 Å².